The van der Waals surface area contributed by atoms with Crippen LogP contribution < -0.4 is 4.74 Å². The van der Waals surface area contributed by atoms with Crippen molar-refractivity contribution in [3.05, 3.63) is 59.7 Å². The van der Waals surface area contributed by atoms with Gasteiger partial charge in [0.1, 0.15) is 0 Å². The Morgan fingerprint density at radius 1 is 0.875 bits per heavy atom. The molecule has 0 aliphatic heterocycles. The fourth-order valence-corrected chi connectivity index (χ4v) is 2.74. The van der Waals surface area contributed by atoms with E-state index in [4.69, 9.17) is 4.74 Å². The molecule has 0 saturated carbocycles. The van der Waals surface area contributed by atoms with Gasteiger partial charge in [0.15, 0.2) is 11.5 Å². The van der Waals surface area contributed by atoms with Crippen LogP contribution in [0.4, 0.5) is 0 Å². The average molecular weight is 330 g/mol. The Hall–Kier alpha value is -2.04. The van der Waals surface area contributed by atoms with Gasteiger partial charge in [-0.05, 0) is 55.4 Å². The van der Waals surface area contributed by atoms with Crippen molar-refractivity contribution in [3.8, 4) is 11.5 Å². The van der Waals surface area contributed by atoms with E-state index in [1.54, 1.807) is 12.1 Å². The SMILES string of the molecule is COc1cc(CC[C@@H](O)C[C@@H](O)CCc2ccccc2)ccc1O. The molecule has 4 nitrogen and oxygen atoms in total. The third-order valence-electron chi connectivity index (χ3n) is 4.16. The molecule has 0 aliphatic carbocycles. The van der Waals surface area contributed by atoms with Gasteiger partial charge in [0.25, 0.3) is 0 Å². The maximum atomic E-state index is 10.1. The molecule has 3 N–H and O–H groups in total. The minimum Gasteiger partial charge on any atom is -0.504 e. The Morgan fingerprint density at radius 3 is 2.12 bits per heavy atom. The molecule has 0 aromatic heterocycles. The van der Waals surface area contributed by atoms with Gasteiger partial charge in [0.05, 0.1) is 19.3 Å². The third kappa shape index (κ3) is 5.87. The van der Waals surface area contributed by atoms with Gasteiger partial charge in [-0.15, -0.1) is 0 Å². The Bertz CT molecular complexity index is 612. The smallest absolute Gasteiger partial charge is 0.160 e. The van der Waals surface area contributed by atoms with Gasteiger partial charge in [-0.1, -0.05) is 36.4 Å². The zero-order chi connectivity index (χ0) is 17.4. The highest BCUT2D eigenvalue weighted by molar-refractivity contribution is 5.41. The van der Waals surface area contributed by atoms with Crippen molar-refractivity contribution in [1.29, 1.82) is 0 Å². The van der Waals surface area contributed by atoms with Crippen molar-refractivity contribution in [1.82, 2.24) is 0 Å². The van der Waals surface area contributed by atoms with Crippen LogP contribution in [0.25, 0.3) is 0 Å². The minimum atomic E-state index is -0.546. The van der Waals surface area contributed by atoms with Crippen LogP contribution in [-0.4, -0.2) is 34.6 Å². The number of rotatable bonds is 9. The van der Waals surface area contributed by atoms with E-state index in [1.807, 2.05) is 36.4 Å². The lowest BCUT2D eigenvalue weighted by Crippen LogP contribution is -2.19. The first-order valence-electron chi connectivity index (χ1n) is 8.34. The summed E-state index contributed by atoms with van der Waals surface area (Å²) >= 11 is 0. The van der Waals surface area contributed by atoms with E-state index in [0.29, 0.717) is 31.4 Å². The number of phenols is 1. The van der Waals surface area contributed by atoms with E-state index < -0.39 is 12.2 Å². The van der Waals surface area contributed by atoms with Gasteiger partial charge in [0, 0.05) is 0 Å². The molecule has 0 saturated heterocycles. The minimum absolute atomic E-state index is 0.109. The molecule has 0 fully saturated rings. The van der Waals surface area contributed by atoms with Crippen molar-refractivity contribution < 1.29 is 20.1 Å². The number of benzene rings is 2. The fraction of sp³-hybridized carbons (Fsp3) is 0.400. The van der Waals surface area contributed by atoms with Crippen LogP contribution in [-0.2, 0) is 12.8 Å². The van der Waals surface area contributed by atoms with Crippen LogP contribution in [0.15, 0.2) is 48.5 Å². The van der Waals surface area contributed by atoms with Gasteiger partial charge in [0.2, 0.25) is 0 Å². The molecular formula is C20H26O4. The monoisotopic (exact) mass is 330 g/mol. The quantitative estimate of drug-likeness (QED) is 0.661. The van der Waals surface area contributed by atoms with Crippen molar-refractivity contribution in [2.75, 3.05) is 7.11 Å². The summed E-state index contributed by atoms with van der Waals surface area (Å²) in [5.74, 6) is 0.544. The van der Waals surface area contributed by atoms with E-state index in [2.05, 4.69) is 0 Å². The van der Waals surface area contributed by atoms with E-state index in [0.717, 1.165) is 12.0 Å². The molecule has 4 heteroatoms. The molecule has 130 valence electrons. The highest BCUT2D eigenvalue weighted by Gasteiger charge is 2.13. The summed E-state index contributed by atoms with van der Waals surface area (Å²) in [6.45, 7) is 0. The normalized spacial score (nSPS) is 13.5. The van der Waals surface area contributed by atoms with Crippen LogP contribution >= 0.6 is 0 Å². The van der Waals surface area contributed by atoms with Crippen LogP contribution in [0, 0.1) is 0 Å². The lowest BCUT2D eigenvalue weighted by atomic mass is 9.99. The number of ether oxygens (including phenoxy) is 1. The average Bonchev–Trinajstić information content (AvgIpc) is 2.60. The van der Waals surface area contributed by atoms with E-state index >= 15 is 0 Å². The highest BCUT2D eigenvalue weighted by Crippen LogP contribution is 2.27. The second kappa shape index (κ2) is 9.30. The summed E-state index contributed by atoms with van der Waals surface area (Å²) < 4.78 is 5.08. The molecule has 0 bridgehead atoms. The summed E-state index contributed by atoms with van der Waals surface area (Å²) in [6, 6.07) is 15.2. The molecule has 2 rings (SSSR count). The summed E-state index contributed by atoms with van der Waals surface area (Å²) in [7, 11) is 1.51. The number of aryl methyl sites for hydroxylation is 2. The number of aliphatic hydroxyl groups is 2. The highest BCUT2D eigenvalue weighted by atomic mass is 16.5. The lowest BCUT2D eigenvalue weighted by molar-refractivity contribution is 0.0714. The second-order valence-corrected chi connectivity index (χ2v) is 6.11. The van der Waals surface area contributed by atoms with Crippen LogP contribution in [0.1, 0.15) is 30.4 Å². The zero-order valence-corrected chi connectivity index (χ0v) is 14.1. The standard InChI is InChI=1S/C20H26O4/c1-24-20-13-16(9-12-19(20)23)8-11-18(22)14-17(21)10-7-15-5-3-2-4-6-15/h2-6,9,12-13,17-18,21-23H,7-8,10-11,14H2,1H3/t17-,18+/m0/s1. The van der Waals surface area contributed by atoms with E-state index in [9.17, 15) is 15.3 Å². The van der Waals surface area contributed by atoms with Gasteiger partial charge in [-0.3, -0.25) is 0 Å². The number of hydrogen-bond donors (Lipinski definition) is 3. The van der Waals surface area contributed by atoms with Crippen molar-refractivity contribution in [3.63, 3.8) is 0 Å². The Labute approximate surface area is 143 Å². The van der Waals surface area contributed by atoms with Gasteiger partial charge < -0.3 is 20.1 Å². The molecule has 2 aromatic carbocycles. The third-order valence-corrected chi connectivity index (χ3v) is 4.16. The Morgan fingerprint density at radius 2 is 1.50 bits per heavy atom. The maximum Gasteiger partial charge on any atom is 0.160 e. The summed E-state index contributed by atoms with van der Waals surface area (Å²) in [5.41, 5.74) is 2.18. The first-order valence-corrected chi connectivity index (χ1v) is 8.34. The van der Waals surface area contributed by atoms with Gasteiger partial charge in [-0.25, -0.2) is 0 Å². The number of aromatic hydroxyl groups is 1. The molecule has 0 radical (unpaired) electrons. The molecule has 0 spiro atoms. The van der Waals surface area contributed by atoms with Gasteiger partial charge in [-0.2, -0.15) is 0 Å². The van der Waals surface area contributed by atoms with Crippen LogP contribution in [0.5, 0.6) is 11.5 Å². The number of aliphatic hydroxyl groups excluding tert-OH is 2. The molecule has 0 aliphatic rings. The second-order valence-electron chi connectivity index (χ2n) is 6.11. The topological polar surface area (TPSA) is 69.9 Å². The first-order chi connectivity index (χ1) is 11.6. The molecule has 0 unspecified atom stereocenters. The van der Waals surface area contributed by atoms with Crippen molar-refractivity contribution in [2.45, 2.75) is 44.3 Å². The summed E-state index contributed by atoms with van der Waals surface area (Å²) in [5, 5.41) is 29.8. The van der Waals surface area contributed by atoms with E-state index in [1.165, 1.54) is 12.7 Å². The molecule has 2 atom stereocenters. The van der Waals surface area contributed by atoms with Crippen molar-refractivity contribution >= 4 is 0 Å². The predicted molar refractivity (Wildman–Crippen MR) is 94.4 cm³/mol. The van der Waals surface area contributed by atoms with Crippen LogP contribution in [0.2, 0.25) is 0 Å². The van der Waals surface area contributed by atoms with E-state index in [-0.39, 0.29) is 5.75 Å². The molecule has 2 aromatic rings. The molecule has 0 amide bonds. The zero-order valence-electron chi connectivity index (χ0n) is 14.1. The fourth-order valence-electron chi connectivity index (χ4n) is 2.74. The largest absolute Gasteiger partial charge is 0.504 e. The lowest BCUT2D eigenvalue weighted by Gasteiger charge is -2.16. The molecule has 24 heavy (non-hydrogen) atoms. The number of phenolic OH excluding ortho intramolecular Hbond substituents is 1. The number of hydrogen-bond acceptors (Lipinski definition) is 4. The van der Waals surface area contributed by atoms with Gasteiger partial charge >= 0.3 is 0 Å². The first kappa shape index (κ1) is 18.3. The maximum absolute atomic E-state index is 10.1. The predicted octanol–water partition coefficient (Wildman–Crippen LogP) is 3.08. The van der Waals surface area contributed by atoms with Crippen LogP contribution in [0.3, 0.4) is 0 Å². The number of methoxy groups -OCH3 is 1. The summed E-state index contributed by atoms with van der Waals surface area (Å²) in [4.78, 5) is 0. The summed E-state index contributed by atoms with van der Waals surface area (Å²) in [6.07, 6.45) is 2.02. The Kier molecular flexibility index (Phi) is 7.09. The molecule has 0 heterocycles. The molecular weight excluding hydrogens is 304 g/mol. The Balaban J connectivity index is 1.73. The van der Waals surface area contributed by atoms with Crippen molar-refractivity contribution in [2.24, 2.45) is 0 Å².